The second-order valence-electron chi connectivity index (χ2n) is 2.63. The highest BCUT2D eigenvalue weighted by Gasteiger charge is 2.27. The standard InChI is InChI=1S/C7H10ClNO2S/c1-4(8)6(10)9-5-2-3-12-7(5)11/h4-5H,2-3H2,1H3,(H,9,10). The summed E-state index contributed by atoms with van der Waals surface area (Å²) < 4.78 is 0. The number of nitrogens with one attached hydrogen (secondary N) is 1. The first-order valence-corrected chi connectivity index (χ1v) is 5.14. The lowest BCUT2D eigenvalue weighted by atomic mass is 10.2. The molecule has 1 rings (SSSR count). The topological polar surface area (TPSA) is 46.2 Å². The Bertz CT molecular complexity index is 208. The Kier molecular flexibility index (Phi) is 3.40. The van der Waals surface area contributed by atoms with E-state index in [0.29, 0.717) is 0 Å². The van der Waals surface area contributed by atoms with Gasteiger partial charge in [-0.1, -0.05) is 11.8 Å². The van der Waals surface area contributed by atoms with Crippen molar-refractivity contribution in [3.05, 3.63) is 0 Å². The lowest BCUT2D eigenvalue weighted by Crippen LogP contribution is -2.40. The molecule has 0 radical (unpaired) electrons. The minimum absolute atomic E-state index is 0.0423. The van der Waals surface area contributed by atoms with Gasteiger partial charge in [-0.05, 0) is 13.3 Å². The van der Waals surface area contributed by atoms with Gasteiger partial charge in [0.05, 0.1) is 6.04 Å². The van der Waals surface area contributed by atoms with Crippen molar-refractivity contribution in [3.8, 4) is 0 Å². The van der Waals surface area contributed by atoms with Crippen molar-refractivity contribution in [3.63, 3.8) is 0 Å². The van der Waals surface area contributed by atoms with Gasteiger partial charge in [0.2, 0.25) is 11.0 Å². The van der Waals surface area contributed by atoms with Gasteiger partial charge in [-0.2, -0.15) is 0 Å². The van der Waals surface area contributed by atoms with Crippen LogP contribution < -0.4 is 5.32 Å². The minimum atomic E-state index is -0.566. The molecule has 68 valence electrons. The van der Waals surface area contributed by atoms with Gasteiger partial charge in [-0.15, -0.1) is 11.6 Å². The Morgan fingerprint density at radius 1 is 1.83 bits per heavy atom. The molecule has 1 aliphatic heterocycles. The van der Waals surface area contributed by atoms with E-state index in [9.17, 15) is 9.59 Å². The van der Waals surface area contributed by atoms with Crippen molar-refractivity contribution in [1.82, 2.24) is 5.32 Å². The van der Waals surface area contributed by atoms with Crippen molar-refractivity contribution < 1.29 is 9.59 Å². The largest absolute Gasteiger partial charge is 0.344 e. The second-order valence-corrected chi connectivity index (χ2v) is 4.39. The molecule has 1 amide bonds. The average Bonchev–Trinajstić information content (AvgIpc) is 2.36. The van der Waals surface area contributed by atoms with Crippen molar-refractivity contribution in [1.29, 1.82) is 0 Å². The van der Waals surface area contributed by atoms with Crippen LogP contribution in [-0.4, -0.2) is 28.2 Å². The minimum Gasteiger partial charge on any atom is -0.344 e. The molecule has 3 nitrogen and oxygen atoms in total. The SMILES string of the molecule is CC(Cl)C(=O)NC1CCSC1=O. The summed E-state index contributed by atoms with van der Waals surface area (Å²) in [6.07, 6.45) is 0.721. The quantitative estimate of drug-likeness (QED) is 0.681. The van der Waals surface area contributed by atoms with E-state index in [0.717, 1.165) is 12.2 Å². The molecule has 1 N–H and O–H groups in total. The van der Waals surface area contributed by atoms with E-state index in [1.165, 1.54) is 11.8 Å². The molecule has 1 heterocycles. The van der Waals surface area contributed by atoms with Gasteiger partial charge in [0, 0.05) is 5.75 Å². The maximum absolute atomic E-state index is 11.0. The van der Waals surface area contributed by atoms with E-state index in [2.05, 4.69) is 5.32 Å². The number of amides is 1. The van der Waals surface area contributed by atoms with E-state index in [1.807, 2.05) is 0 Å². The summed E-state index contributed by atoms with van der Waals surface area (Å²) in [5.74, 6) is 0.526. The summed E-state index contributed by atoms with van der Waals surface area (Å²) >= 11 is 6.79. The molecular weight excluding hydrogens is 198 g/mol. The molecule has 12 heavy (non-hydrogen) atoms. The molecular formula is C7H10ClNO2S. The lowest BCUT2D eigenvalue weighted by molar-refractivity contribution is -0.124. The molecule has 0 aromatic rings. The molecule has 0 saturated carbocycles. The molecule has 0 bridgehead atoms. The molecule has 0 aromatic heterocycles. The average molecular weight is 208 g/mol. The molecule has 1 aliphatic rings. The number of thioether (sulfide) groups is 1. The van der Waals surface area contributed by atoms with Crippen LogP contribution in [0.15, 0.2) is 0 Å². The van der Waals surface area contributed by atoms with Crippen LogP contribution in [0.3, 0.4) is 0 Å². The third-order valence-corrected chi connectivity index (χ3v) is 2.82. The molecule has 1 fully saturated rings. The number of rotatable bonds is 2. The van der Waals surface area contributed by atoms with Crippen LogP contribution in [0.2, 0.25) is 0 Å². The molecule has 2 unspecified atom stereocenters. The maximum atomic E-state index is 11.0. The number of hydrogen-bond donors (Lipinski definition) is 1. The first kappa shape index (κ1) is 9.86. The van der Waals surface area contributed by atoms with Gasteiger partial charge in [0.1, 0.15) is 5.38 Å². The summed E-state index contributed by atoms with van der Waals surface area (Å²) in [7, 11) is 0. The lowest BCUT2D eigenvalue weighted by Gasteiger charge is -2.10. The van der Waals surface area contributed by atoms with Crippen LogP contribution in [0.4, 0.5) is 0 Å². The summed E-state index contributed by atoms with van der Waals surface area (Å²) in [5, 5.41) is 2.06. The van der Waals surface area contributed by atoms with E-state index in [1.54, 1.807) is 6.92 Å². The van der Waals surface area contributed by atoms with Crippen LogP contribution in [0.1, 0.15) is 13.3 Å². The van der Waals surface area contributed by atoms with Crippen molar-refractivity contribution in [2.75, 3.05) is 5.75 Å². The smallest absolute Gasteiger partial charge is 0.238 e. The second kappa shape index (κ2) is 4.14. The fourth-order valence-corrected chi connectivity index (χ4v) is 1.91. The Balaban J connectivity index is 2.40. The third kappa shape index (κ3) is 2.38. The highest BCUT2D eigenvalue weighted by molar-refractivity contribution is 8.14. The molecule has 0 spiro atoms. The first-order chi connectivity index (χ1) is 5.61. The van der Waals surface area contributed by atoms with Gasteiger partial charge >= 0.3 is 0 Å². The van der Waals surface area contributed by atoms with Gasteiger partial charge in [0.25, 0.3) is 0 Å². The monoisotopic (exact) mass is 207 g/mol. The number of carbonyl (C=O) groups is 2. The third-order valence-electron chi connectivity index (χ3n) is 1.61. The van der Waals surface area contributed by atoms with E-state index >= 15 is 0 Å². The Hall–Kier alpha value is -0.220. The van der Waals surface area contributed by atoms with Crippen LogP contribution in [0, 0.1) is 0 Å². The van der Waals surface area contributed by atoms with Crippen molar-refractivity contribution in [2.45, 2.75) is 24.8 Å². The predicted molar refractivity (Wildman–Crippen MR) is 49.3 cm³/mol. The highest BCUT2D eigenvalue weighted by Crippen LogP contribution is 2.19. The zero-order valence-corrected chi connectivity index (χ0v) is 8.24. The van der Waals surface area contributed by atoms with Crippen LogP contribution in [0.5, 0.6) is 0 Å². The van der Waals surface area contributed by atoms with Crippen molar-refractivity contribution >= 4 is 34.4 Å². The highest BCUT2D eigenvalue weighted by atomic mass is 35.5. The maximum Gasteiger partial charge on any atom is 0.238 e. The summed E-state index contributed by atoms with van der Waals surface area (Å²) in [5.41, 5.74) is 0. The number of alkyl halides is 1. The molecule has 0 aromatic carbocycles. The fourth-order valence-electron chi connectivity index (χ4n) is 0.913. The van der Waals surface area contributed by atoms with Gasteiger partial charge in [-0.3, -0.25) is 9.59 Å². The Morgan fingerprint density at radius 2 is 2.50 bits per heavy atom. The number of halogens is 1. The zero-order chi connectivity index (χ0) is 9.14. The molecule has 5 heteroatoms. The van der Waals surface area contributed by atoms with E-state index in [4.69, 9.17) is 11.6 Å². The van der Waals surface area contributed by atoms with Gasteiger partial charge < -0.3 is 5.32 Å². The van der Waals surface area contributed by atoms with Gasteiger partial charge in [0.15, 0.2) is 0 Å². The predicted octanol–water partition coefficient (Wildman–Crippen LogP) is 0.762. The van der Waals surface area contributed by atoms with Gasteiger partial charge in [-0.25, -0.2) is 0 Å². The van der Waals surface area contributed by atoms with Crippen LogP contribution in [-0.2, 0) is 9.59 Å². The van der Waals surface area contributed by atoms with Crippen LogP contribution in [0.25, 0.3) is 0 Å². The normalized spacial score (nSPS) is 25.5. The summed E-state index contributed by atoms with van der Waals surface area (Å²) in [4.78, 5) is 22.1. The van der Waals surface area contributed by atoms with E-state index < -0.39 is 5.38 Å². The molecule has 2 atom stereocenters. The number of hydrogen-bond acceptors (Lipinski definition) is 3. The molecule has 1 saturated heterocycles. The number of carbonyl (C=O) groups excluding carboxylic acids is 2. The Morgan fingerprint density at radius 3 is 2.92 bits per heavy atom. The fraction of sp³-hybridized carbons (Fsp3) is 0.714. The Labute approximate surface area is 80.2 Å². The zero-order valence-electron chi connectivity index (χ0n) is 6.67. The molecule has 0 aliphatic carbocycles. The first-order valence-electron chi connectivity index (χ1n) is 3.72. The van der Waals surface area contributed by atoms with E-state index in [-0.39, 0.29) is 17.1 Å². The summed E-state index contributed by atoms with van der Waals surface area (Å²) in [6, 6.07) is -0.316. The summed E-state index contributed by atoms with van der Waals surface area (Å²) in [6.45, 7) is 1.59. The van der Waals surface area contributed by atoms with Crippen molar-refractivity contribution in [2.24, 2.45) is 0 Å². The van der Waals surface area contributed by atoms with Crippen LogP contribution >= 0.6 is 23.4 Å².